The summed E-state index contributed by atoms with van der Waals surface area (Å²) in [7, 11) is 1.72. The Kier molecular flexibility index (Phi) is 4.46. The molecule has 2 aliphatic rings. The number of hydrogen-bond donors (Lipinski definition) is 0. The number of benzene rings is 1. The molecule has 110 valence electrons. The van der Waals surface area contributed by atoms with Gasteiger partial charge in [-0.3, -0.25) is 4.90 Å². The van der Waals surface area contributed by atoms with Crippen LogP contribution in [0.1, 0.15) is 25.7 Å². The maximum Gasteiger partial charge on any atom is 0.119 e. The third-order valence-corrected chi connectivity index (χ3v) is 4.80. The lowest BCUT2D eigenvalue weighted by molar-refractivity contribution is 0.220. The molecule has 1 saturated heterocycles. The number of methoxy groups -OCH3 is 1. The molecule has 0 bridgehead atoms. The number of rotatable bonds is 4. The summed E-state index contributed by atoms with van der Waals surface area (Å²) < 4.78 is 5.22. The molecule has 1 aromatic carbocycles. The van der Waals surface area contributed by atoms with Gasteiger partial charge < -0.3 is 9.64 Å². The number of piperazine rings is 1. The molecule has 0 radical (unpaired) electrons. The van der Waals surface area contributed by atoms with E-state index in [1.54, 1.807) is 7.11 Å². The Hall–Kier alpha value is -1.22. The van der Waals surface area contributed by atoms with Crippen molar-refractivity contribution in [3.8, 4) is 5.75 Å². The molecule has 0 N–H and O–H groups in total. The van der Waals surface area contributed by atoms with Crippen LogP contribution in [0, 0.1) is 5.92 Å². The lowest BCUT2D eigenvalue weighted by Crippen LogP contribution is -2.47. The van der Waals surface area contributed by atoms with E-state index in [-0.39, 0.29) is 0 Å². The molecule has 1 aliphatic heterocycles. The number of ether oxygens (including phenoxy) is 1. The highest BCUT2D eigenvalue weighted by Crippen LogP contribution is 2.26. The fourth-order valence-electron chi connectivity index (χ4n) is 3.54. The molecule has 0 amide bonds. The van der Waals surface area contributed by atoms with Crippen LogP contribution in [-0.2, 0) is 0 Å². The monoisotopic (exact) mass is 274 g/mol. The van der Waals surface area contributed by atoms with Crippen LogP contribution in [0.2, 0.25) is 0 Å². The van der Waals surface area contributed by atoms with E-state index in [1.807, 2.05) is 0 Å². The lowest BCUT2D eigenvalue weighted by atomic mass is 10.1. The van der Waals surface area contributed by atoms with Crippen molar-refractivity contribution in [1.29, 1.82) is 0 Å². The minimum atomic E-state index is 0.939. The van der Waals surface area contributed by atoms with Crippen molar-refractivity contribution >= 4 is 5.69 Å². The zero-order chi connectivity index (χ0) is 13.8. The van der Waals surface area contributed by atoms with Crippen molar-refractivity contribution in [3.63, 3.8) is 0 Å². The molecule has 1 aliphatic carbocycles. The second-order valence-corrected chi connectivity index (χ2v) is 6.14. The van der Waals surface area contributed by atoms with E-state index in [4.69, 9.17) is 4.74 Å². The molecule has 1 heterocycles. The summed E-state index contributed by atoms with van der Waals surface area (Å²) in [6.07, 6.45) is 5.82. The van der Waals surface area contributed by atoms with Crippen molar-refractivity contribution in [1.82, 2.24) is 4.90 Å². The highest BCUT2D eigenvalue weighted by Gasteiger charge is 2.22. The van der Waals surface area contributed by atoms with E-state index < -0.39 is 0 Å². The summed E-state index contributed by atoms with van der Waals surface area (Å²) >= 11 is 0. The second-order valence-electron chi connectivity index (χ2n) is 6.14. The fourth-order valence-corrected chi connectivity index (χ4v) is 3.54. The smallest absolute Gasteiger partial charge is 0.119 e. The molecule has 3 heteroatoms. The minimum absolute atomic E-state index is 0.939. The van der Waals surface area contributed by atoms with Crippen LogP contribution in [0.3, 0.4) is 0 Å². The second kappa shape index (κ2) is 6.49. The summed E-state index contributed by atoms with van der Waals surface area (Å²) in [5.74, 6) is 1.91. The van der Waals surface area contributed by atoms with Crippen LogP contribution >= 0.6 is 0 Å². The lowest BCUT2D eigenvalue weighted by Gasteiger charge is -2.37. The first kappa shape index (κ1) is 13.7. The number of anilines is 1. The average molecular weight is 274 g/mol. The summed E-state index contributed by atoms with van der Waals surface area (Å²) in [4.78, 5) is 5.15. The van der Waals surface area contributed by atoms with E-state index in [0.29, 0.717) is 0 Å². The standard InChI is InChI=1S/C17H26N2O/c1-20-17-8-6-16(7-9-17)19-12-10-18(11-13-19)14-15-4-2-3-5-15/h6-9,15H,2-5,10-14H2,1H3. The van der Waals surface area contributed by atoms with Crippen LogP contribution in [0.25, 0.3) is 0 Å². The summed E-state index contributed by atoms with van der Waals surface area (Å²) in [5, 5.41) is 0. The first-order valence-corrected chi connectivity index (χ1v) is 7.96. The van der Waals surface area contributed by atoms with Crippen molar-refractivity contribution in [2.75, 3.05) is 44.7 Å². The summed E-state index contributed by atoms with van der Waals surface area (Å²) in [5.41, 5.74) is 1.33. The third-order valence-electron chi connectivity index (χ3n) is 4.80. The first-order chi connectivity index (χ1) is 9.85. The van der Waals surface area contributed by atoms with Gasteiger partial charge in [-0.25, -0.2) is 0 Å². The molecule has 3 nitrogen and oxygen atoms in total. The largest absolute Gasteiger partial charge is 0.497 e. The van der Waals surface area contributed by atoms with E-state index in [9.17, 15) is 0 Å². The summed E-state index contributed by atoms with van der Waals surface area (Å²) in [6, 6.07) is 8.46. The van der Waals surface area contributed by atoms with E-state index in [2.05, 4.69) is 34.1 Å². The fraction of sp³-hybridized carbons (Fsp3) is 0.647. The van der Waals surface area contributed by atoms with Gasteiger partial charge in [0.15, 0.2) is 0 Å². The predicted molar refractivity (Wildman–Crippen MR) is 83.6 cm³/mol. The highest BCUT2D eigenvalue weighted by molar-refractivity contribution is 5.49. The van der Waals surface area contributed by atoms with Gasteiger partial charge in [0.2, 0.25) is 0 Å². The Bertz CT molecular complexity index is 404. The van der Waals surface area contributed by atoms with E-state index in [0.717, 1.165) is 24.8 Å². The third kappa shape index (κ3) is 3.26. The molecule has 20 heavy (non-hydrogen) atoms. The Balaban J connectivity index is 1.49. The van der Waals surface area contributed by atoms with Crippen LogP contribution in [0.4, 0.5) is 5.69 Å². The normalized spacial score (nSPS) is 21.4. The first-order valence-electron chi connectivity index (χ1n) is 7.96. The Morgan fingerprint density at radius 1 is 1.00 bits per heavy atom. The van der Waals surface area contributed by atoms with Gasteiger partial charge in [-0.05, 0) is 43.0 Å². The van der Waals surface area contributed by atoms with Crippen LogP contribution in [-0.4, -0.2) is 44.7 Å². The van der Waals surface area contributed by atoms with Gasteiger partial charge in [-0.2, -0.15) is 0 Å². The Morgan fingerprint density at radius 3 is 2.25 bits per heavy atom. The minimum Gasteiger partial charge on any atom is -0.497 e. The molecule has 0 unspecified atom stereocenters. The topological polar surface area (TPSA) is 15.7 Å². The summed E-state index contributed by atoms with van der Waals surface area (Å²) in [6.45, 7) is 6.06. The maximum absolute atomic E-state index is 5.22. The highest BCUT2D eigenvalue weighted by atomic mass is 16.5. The van der Waals surface area contributed by atoms with Crippen molar-refractivity contribution in [2.24, 2.45) is 5.92 Å². The maximum atomic E-state index is 5.22. The molecule has 1 aromatic rings. The van der Waals surface area contributed by atoms with Gasteiger partial charge in [0, 0.05) is 38.4 Å². The average Bonchev–Trinajstić information content (AvgIpc) is 3.01. The van der Waals surface area contributed by atoms with Gasteiger partial charge in [-0.1, -0.05) is 12.8 Å². The molecule has 3 rings (SSSR count). The quantitative estimate of drug-likeness (QED) is 0.839. The van der Waals surface area contributed by atoms with Gasteiger partial charge in [0.25, 0.3) is 0 Å². The molecule has 1 saturated carbocycles. The van der Waals surface area contributed by atoms with Crippen LogP contribution in [0.5, 0.6) is 5.75 Å². The van der Waals surface area contributed by atoms with Crippen LogP contribution < -0.4 is 9.64 Å². The molecule has 0 atom stereocenters. The predicted octanol–water partition coefficient (Wildman–Crippen LogP) is 3.01. The number of hydrogen-bond acceptors (Lipinski definition) is 3. The van der Waals surface area contributed by atoms with Gasteiger partial charge in [0.05, 0.1) is 7.11 Å². The van der Waals surface area contributed by atoms with E-state index in [1.165, 1.54) is 51.0 Å². The van der Waals surface area contributed by atoms with Crippen molar-refractivity contribution < 1.29 is 4.74 Å². The molecule has 2 fully saturated rings. The molecular weight excluding hydrogens is 248 g/mol. The zero-order valence-electron chi connectivity index (χ0n) is 12.6. The number of nitrogens with zero attached hydrogens (tertiary/aromatic N) is 2. The molecular formula is C17H26N2O. The van der Waals surface area contributed by atoms with Crippen LogP contribution in [0.15, 0.2) is 24.3 Å². The molecule has 0 spiro atoms. The Morgan fingerprint density at radius 2 is 1.65 bits per heavy atom. The van der Waals surface area contributed by atoms with Gasteiger partial charge in [-0.15, -0.1) is 0 Å². The van der Waals surface area contributed by atoms with Gasteiger partial charge >= 0.3 is 0 Å². The zero-order valence-corrected chi connectivity index (χ0v) is 12.6. The Labute approximate surface area is 122 Å². The van der Waals surface area contributed by atoms with Crippen molar-refractivity contribution in [3.05, 3.63) is 24.3 Å². The van der Waals surface area contributed by atoms with E-state index >= 15 is 0 Å². The SMILES string of the molecule is COc1ccc(N2CCN(CC3CCCC3)CC2)cc1. The molecule has 0 aromatic heterocycles. The van der Waals surface area contributed by atoms with Gasteiger partial charge in [0.1, 0.15) is 5.75 Å². The van der Waals surface area contributed by atoms with Crippen molar-refractivity contribution in [2.45, 2.75) is 25.7 Å².